The summed E-state index contributed by atoms with van der Waals surface area (Å²) in [6.07, 6.45) is -2.07. The molecule has 71 heavy (non-hydrogen) atoms. The molecule has 0 unspecified atom stereocenters. The van der Waals surface area contributed by atoms with E-state index in [9.17, 15) is 9.59 Å². The maximum Gasteiger partial charge on any atom is 0.409 e. The number of fused-ring (bicyclic) bond motifs is 1. The van der Waals surface area contributed by atoms with Gasteiger partial charge >= 0.3 is 12.1 Å². The summed E-state index contributed by atoms with van der Waals surface area (Å²) in [5.41, 5.74) is 1.56. The number of alkyl carbamates (subject to hydrolysis) is 1. The summed E-state index contributed by atoms with van der Waals surface area (Å²) < 4.78 is 64.9. The molecular weight excluding hydrogens is 983 g/mol. The van der Waals surface area contributed by atoms with Crippen LogP contribution in [0.2, 0.25) is 113 Å². The third-order valence-electron chi connectivity index (χ3n) is 15.6. The van der Waals surface area contributed by atoms with E-state index in [2.05, 4.69) is 153 Å². The smallest absolute Gasteiger partial charge is 0.409 e. The van der Waals surface area contributed by atoms with E-state index in [1.807, 2.05) is 6.92 Å². The standard InChI is InChI=1S/C53H103NO12Si5/c1-37-39-31-41(64-49(55)47(39)43(62-36-59-26-29-68(15,16)17)32-40(37)61-35-58-25-28-67(12,13)14)38(2)42(65-70(21,22)51(3,4)5)33-45-53(9,10)46(66-71(23,24)52(6,7)8)34-44(63-45)48(57-11)54-50(56)60-27-30-69(18,19)20/h32,38,41-42,44-46,48H,25-31,33-36H2,1-24H3,(H,54,56)/t38-,41+,42-,44-,45+,46+,48-/m0/s1. The predicted molar refractivity (Wildman–Crippen MR) is 302 cm³/mol. The number of hydrogen-bond acceptors (Lipinski definition) is 12. The van der Waals surface area contributed by atoms with E-state index in [-0.39, 0.29) is 35.7 Å². The SMILES string of the molecule is CO[C@H](NC(=O)OCC[Si](C)(C)C)[C@@H]1C[C@@H](O[Si](C)(C)C(C)(C)C)C(C)(C)[C@@H](C[C@H](O[Si](C)(C)C(C)(C)C)[C@@H](C)[C@H]2Cc3c(C)c(OCOCC[Si](C)(C)C)cc(OCOCC[Si](C)(C)C)c3C(=O)O2)O1. The van der Waals surface area contributed by atoms with Gasteiger partial charge in [0.15, 0.2) is 36.4 Å². The van der Waals surface area contributed by atoms with Gasteiger partial charge in [0.1, 0.15) is 29.3 Å². The zero-order valence-electron chi connectivity index (χ0n) is 49.3. The first-order valence-electron chi connectivity index (χ1n) is 26.5. The minimum atomic E-state index is -2.46. The second-order valence-electron chi connectivity index (χ2n) is 27.8. The van der Waals surface area contributed by atoms with Gasteiger partial charge in [0.05, 0.1) is 24.9 Å². The Morgan fingerprint density at radius 3 is 1.77 bits per heavy atom. The van der Waals surface area contributed by atoms with Crippen LogP contribution in [0.3, 0.4) is 0 Å². The van der Waals surface area contributed by atoms with E-state index >= 15 is 0 Å². The first-order valence-corrected chi connectivity index (χ1v) is 43.4. The number of nitrogens with one attached hydrogen (secondary N) is 1. The molecule has 0 radical (unpaired) electrons. The third-order valence-corrected chi connectivity index (χ3v) is 29.7. The van der Waals surface area contributed by atoms with Crippen molar-refractivity contribution in [3.63, 3.8) is 0 Å². The molecular formula is C53H103NO12Si5. The van der Waals surface area contributed by atoms with Crippen LogP contribution in [0, 0.1) is 18.3 Å². The molecule has 0 spiro atoms. The molecule has 18 heteroatoms. The molecule has 0 saturated carbocycles. The van der Waals surface area contributed by atoms with Crippen molar-refractivity contribution < 1.29 is 56.3 Å². The summed E-state index contributed by atoms with van der Waals surface area (Å²) >= 11 is 0. The first-order chi connectivity index (χ1) is 32.2. The largest absolute Gasteiger partial charge is 0.467 e. The van der Waals surface area contributed by atoms with Gasteiger partial charge in [-0.1, -0.05) is 121 Å². The van der Waals surface area contributed by atoms with E-state index in [1.165, 1.54) is 0 Å². The van der Waals surface area contributed by atoms with Gasteiger partial charge < -0.3 is 46.7 Å². The molecule has 0 aliphatic carbocycles. The molecule has 2 aliphatic heterocycles. The van der Waals surface area contributed by atoms with Crippen LogP contribution in [0.25, 0.3) is 0 Å². The molecule has 1 aromatic rings. The summed E-state index contributed by atoms with van der Waals surface area (Å²) in [6, 6.07) is 4.66. The van der Waals surface area contributed by atoms with Gasteiger partial charge in [0, 0.05) is 74.8 Å². The van der Waals surface area contributed by atoms with Crippen molar-refractivity contribution >= 4 is 52.9 Å². The fourth-order valence-corrected chi connectivity index (χ4v) is 13.2. The number of esters is 1. The maximum atomic E-state index is 14.5. The average Bonchev–Trinajstić information content (AvgIpc) is 3.19. The lowest BCUT2D eigenvalue weighted by atomic mass is 9.73. The van der Waals surface area contributed by atoms with E-state index in [0.717, 1.165) is 29.3 Å². The van der Waals surface area contributed by atoms with Crippen LogP contribution in [-0.2, 0) is 43.7 Å². The summed E-state index contributed by atoms with van der Waals surface area (Å²) in [6.45, 7) is 53.5. The van der Waals surface area contributed by atoms with E-state index in [4.69, 9.17) is 46.7 Å². The molecule has 2 aliphatic rings. The lowest BCUT2D eigenvalue weighted by Gasteiger charge is -2.53. The molecule has 1 fully saturated rings. The lowest BCUT2D eigenvalue weighted by Crippen LogP contribution is -2.61. The van der Waals surface area contributed by atoms with Crippen LogP contribution >= 0.6 is 0 Å². The molecule has 0 bridgehead atoms. The Morgan fingerprint density at radius 1 is 0.775 bits per heavy atom. The third kappa shape index (κ3) is 19.2. The second kappa shape index (κ2) is 25.0. The van der Waals surface area contributed by atoms with Crippen molar-refractivity contribution in [2.75, 3.05) is 40.5 Å². The Morgan fingerprint density at radius 2 is 1.28 bits per heavy atom. The number of cyclic esters (lactones) is 1. The topological polar surface area (TPSA) is 138 Å². The zero-order valence-corrected chi connectivity index (χ0v) is 54.3. The minimum Gasteiger partial charge on any atom is -0.467 e. The van der Waals surface area contributed by atoms with E-state index in [1.54, 1.807) is 13.2 Å². The molecule has 0 aromatic heterocycles. The Hall–Kier alpha value is -1.60. The van der Waals surface area contributed by atoms with Gasteiger partial charge in [-0.05, 0) is 78.9 Å². The molecule has 7 atom stereocenters. The fourth-order valence-electron chi connectivity index (χ4n) is 8.08. The molecule has 1 aromatic carbocycles. The van der Waals surface area contributed by atoms with Gasteiger partial charge in [0.2, 0.25) is 0 Å². The number of carbonyl (C=O) groups is 2. The summed E-state index contributed by atoms with van der Waals surface area (Å²) in [5.74, 6) is 0.247. The Kier molecular flexibility index (Phi) is 22.5. The molecule has 3 rings (SSSR count). The summed E-state index contributed by atoms with van der Waals surface area (Å²) in [7, 11) is -7.24. The number of ether oxygens (including phenoxy) is 8. The monoisotopic (exact) mass is 1090 g/mol. The van der Waals surface area contributed by atoms with Crippen LogP contribution < -0.4 is 14.8 Å². The van der Waals surface area contributed by atoms with Crippen molar-refractivity contribution in [3.8, 4) is 11.5 Å². The highest BCUT2D eigenvalue weighted by molar-refractivity contribution is 6.77. The highest BCUT2D eigenvalue weighted by Crippen LogP contribution is 2.49. The number of hydrogen-bond donors (Lipinski definition) is 1. The number of amides is 1. The highest BCUT2D eigenvalue weighted by atomic mass is 28.4. The van der Waals surface area contributed by atoms with Gasteiger partial charge in [-0.25, -0.2) is 9.59 Å². The number of methoxy groups -OCH3 is 1. The predicted octanol–water partition coefficient (Wildman–Crippen LogP) is 13.5. The van der Waals surface area contributed by atoms with Crippen molar-refractivity contribution in [1.29, 1.82) is 0 Å². The van der Waals surface area contributed by atoms with Crippen LogP contribution in [0.1, 0.15) is 96.6 Å². The van der Waals surface area contributed by atoms with Crippen molar-refractivity contribution in [3.05, 3.63) is 22.8 Å². The van der Waals surface area contributed by atoms with Crippen LogP contribution in [0.5, 0.6) is 11.5 Å². The first kappa shape index (κ1) is 63.7. The highest BCUT2D eigenvalue weighted by Gasteiger charge is 2.53. The lowest BCUT2D eigenvalue weighted by molar-refractivity contribution is -0.211. The summed E-state index contributed by atoms with van der Waals surface area (Å²) in [5, 5.41) is 2.82. The van der Waals surface area contributed by atoms with Gasteiger partial charge in [-0.3, -0.25) is 5.32 Å². The normalized spacial score (nSPS) is 21.7. The van der Waals surface area contributed by atoms with E-state index in [0.29, 0.717) is 56.1 Å². The number of benzene rings is 1. The molecule has 13 nitrogen and oxygen atoms in total. The van der Waals surface area contributed by atoms with Crippen molar-refractivity contribution in [2.24, 2.45) is 11.3 Å². The van der Waals surface area contributed by atoms with Crippen molar-refractivity contribution in [1.82, 2.24) is 5.32 Å². The molecule has 1 N–H and O–H groups in total. The average molecular weight is 1090 g/mol. The summed E-state index contributed by atoms with van der Waals surface area (Å²) in [4.78, 5) is 27.9. The Balaban J connectivity index is 2.11. The van der Waals surface area contributed by atoms with Gasteiger partial charge in [0.25, 0.3) is 0 Å². The molecule has 1 amide bonds. The number of rotatable bonds is 26. The molecule has 412 valence electrons. The van der Waals surface area contributed by atoms with Gasteiger partial charge in [-0.15, -0.1) is 0 Å². The Labute approximate surface area is 437 Å². The second-order valence-corrected chi connectivity index (χ2v) is 54.2. The quantitative estimate of drug-likeness (QED) is 0.0409. The number of carbonyl (C=O) groups excluding carboxylic acids is 2. The van der Waals surface area contributed by atoms with E-state index < -0.39 is 89.0 Å². The minimum absolute atomic E-state index is 0.000788. The molecule has 1 saturated heterocycles. The molecule has 2 heterocycles. The van der Waals surface area contributed by atoms with Crippen LogP contribution in [0.4, 0.5) is 4.79 Å². The van der Waals surface area contributed by atoms with Gasteiger partial charge in [-0.2, -0.15) is 0 Å². The Bertz CT molecular complexity index is 1880. The van der Waals surface area contributed by atoms with Crippen molar-refractivity contribution in [2.45, 2.75) is 239 Å². The fraction of sp³-hybridized carbons (Fsp3) is 0.849. The zero-order chi connectivity index (χ0) is 54.3. The van der Waals surface area contributed by atoms with Crippen LogP contribution in [-0.4, -0.2) is 130 Å². The maximum absolute atomic E-state index is 14.5. The van der Waals surface area contributed by atoms with Crippen LogP contribution in [0.15, 0.2) is 6.07 Å².